The fourth-order valence-corrected chi connectivity index (χ4v) is 4.80. The van der Waals surface area contributed by atoms with Crippen molar-refractivity contribution in [2.75, 3.05) is 39.3 Å². The maximum atomic E-state index is 12.5. The van der Waals surface area contributed by atoms with Gasteiger partial charge in [0.2, 0.25) is 0 Å². The minimum Gasteiger partial charge on any atom is -0.375 e. The van der Waals surface area contributed by atoms with E-state index >= 15 is 0 Å². The highest BCUT2D eigenvalue weighted by atomic mass is 16.5. The molecule has 3 fully saturated rings. The summed E-state index contributed by atoms with van der Waals surface area (Å²) in [7, 11) is 0. The Morgan fingerprint density at radius 3 is 2.62 bits per heavy atom. The molecule has 0 aliphatic carbocycles. The summed E-state index contributed by atoms with van der Waals surface area (Å²) in [5.74, 6) is 0.847. The summed E-state index contributed by atoms with van der Waals surface area (Å²) >= 11 is 0. The number of pyridine rings is 1. The van der Waals surface area contributed by atoms with Gasteiger partial charge in [-0.2, -0.15) is 0 Å². The molecule has 0 saturated carbocycles. The van der Waals surface area contributed by atoms with E-state index in [1.165, 1.54) is 51.7 Å². The zero-order chi connectivity index (χ0) is 17.8. The lowest BCUT2D eigenvalue weighted by Crippen LogP contribution is -2.49. The number of piperidine rings is 2. The molecule has 1 amide bonds. The van der Waals surface area contributed by atoms with E-state index in [9.17, 15) is 4.79 Å². The Balaban J connectivity index is 1.21. The third-order valence-corrected chi connectivity index (χ3v) is 6.53. The number of aromatic nitrogens is 1. The van der Waals surface area contributed by atoms with Crippen molar-refractivity contribution in [3.8, 4) is 0 Å². The van der Waals surface area contributed by atoms with E-state index in [-0.39, 0.29) is 11.5 Å². The molecule has 5 nitrogen and oxygen atoms in total. The zero-order valence-electron chi connectivity index (χ0n) is 15.7. The predicted molar refractivity (Wildman–Crippen MR) is 101 cm³/mol. The molecule has 142 valence electrons. The molecule has 3 aliphatic heterocycles. The molecule has 1 aromatic rings. The second-order valence-corrected chi connectivity index (χ2v) is 8.27. The maximum Gasteiger partial charge on any atom is 0.255 e. The van der Waals surface area contributed by atoms with Gasteiger partial charge in [0.25, 0.3) is 5.91 Å². The van der Waals surface area contributed by atoms with E-state index in [0.717, 1.165) is 32.5 Å². The number of amides is 1. The monoisotopic (exact) mass is 357 g/mol. The quantitative estimate of drug-likeness (QED) is 0.834. The molecule has 0 bridgehead atoms. The van der Waals surface area contributed by atoms with Gasteiger partial charge in [-0.05, 0) is 63.0 Å². The van der Waals surface area contributed by atoms with Gasteiger partial charge in [0.1, 0.15) is 0 Å². The molecular formula is C21H31N3O2. The van der Waals surface area contributed by atoms with Crippen LogP contribution in [0.4, 0.5) is 0 Å². The van der Waals surface area contributed by atoms with E-state index in [4.69, 9.17) is 4.74 Å². The molecule has 3 aliphatic rings. The molecule has 5 heteroatoms. The first-order valence-corrected chi connectivity index (χ1v) is 10.3. The summed E-state index contributed by atoms with van der Waals surface area (Å²) in [6.07, 6.45) is 11.8. The average Bonchev–Trinajstić information content (AvgIpc) is 2.71. The van der Waals surface area contributed by atoms with E-state index in [0.29, 0.717) is 11.5 Å². The van der Waals surface area contributed by atoms with Gasteiger partial charge in [-0.1, -0.05) is 0 Å². The van der Waals surface area contributed by atoms with Crippen LogP contribution in [0.5, 0.6) is 0 Å². The minimum atomic E-state index is 0.130. The van der Waals surface area contributed by atoms with E-state index in [1.807, 2.05) is 17.0 Å². The molecular weight excluding hydrogens is 326 g/mol. The van der Waals surface area contributed by atoms with Gasteiger partial charge in [0.05, 0.1) is 11.2 Å². The Kier molecular flexibility index (Phi) is 5.55. The van der Waals surface area contributed by atoms with Crippen molar-refractivity contribution < 1.29 is 9.53 Å². The average molecular weight is 357 g/mol. The van der Waals surface area contributed by atoms with Gasteiger partial charge in [0, 0.05) is 51.7 Å². The summed E-state index contributed by atoms with van der Waals surface area (Å²) < 4.78 is 6.15. The first kappa shape index (κ1) is 17.9. The number of hydrogen-bond acceptors (Lipinski definition) is 4. The number of nitrogens with zero attached hydrogens (tertiary/aromatic N) is 3. The predicted octanol–water partition coefficient (Wildman–Crippen LogP) is 2.97. The highest BCUT2D eigenvalue weighted by molar-refractivity contribution is 5.93. The molecule has 26 heavy (non-hydrogen) atoms. The van der Waals surface area contributed by atoms with Crippen LogP contribution in [0, 0.1) is 5.92 Å². The lowest BCUT2D eigenvalue weighted by atomic mass is 9.84. The van der Waals surface area contributed by atoms with E-state index < -0.39 is 0 Å². The number of ether oxygens (including phenoxy) is 1. The summed E-state index contributed by atoms with van der Waals surface area (Å²) in [5.41, 5.74) is 0.911. The first-order valence-electron chi connectivity index (χ1n) is 10.3. The molecule has 4 heterocycles. The molecule has 0 aromatic carbocycles. The van der Waals surface area contributed by atoms with Gasteiger partial charge in [-0.15, -0.1) is 0 Å². The number of carbonyl (C=O) groups excluding carboxylic acids is 1. The van der Waals surface area contributed by atoms with Crippen molar-refractivity contribution in [2.45, 2.75) is 50.5 Å². The van der Waals surface area contributed by atoms with Gasteiger partial charge in [-0.3, -0.25) is 9.78 Å². The SMILES string of the molecule is O=C(c1cccnc1)N1CCC(CN2CCC3(CCCCO3)CC2)CC1. The molecule has 0 N–H and O–H groups in total. The summed E-state index contributed by atoms with van der Waals surface area (Å²) in [5, 5.41) is 0. The maximum absolute atomic E-state index is 12.5. The van der Waals surface area contributed by atoms with Crippen LogP contribution in [-0.2, 0) is 4.74 Å². The Morgan fingerprint density at radius 1 is 1.15 bits per heavy atom. The normalized spacial score (nSPS) is 24.7. The highest BCUT2D eigenvalue weighted by Gasteiger charge is 2.37. The topological polar surface area (TPSA) is 45.7 Å². The molecule has 1 spiro atoms. The largest absolute Gasteiger partial charge is 0.375 e. The molecule has 0 radical (unpaired) electrons. The van der Waals surface area contributed by atoms with Crippen molar-refractivity contribution in [2.24, 2.45) is 5.92 Å². The fraction of sp³-hybridized carbons (Fsp3) is 0.714. The second-order valence-electron chi connectivity index (χ2n) is 8.27. The van der Waals surface area contributed by atoms with Gasteiger partial charge < -0.3 is 14.5 Å². The van der Waals surface area contributed by atoms with Crippen LogP contribution in [0.3, 0.4) is 0 Å². The molecule has 1 aromatic heterocycles. The lowest BCUT2D eigenvalue weighted by Gasteiger charge is -2.45. The Bertz CT molecular complexity index is 583. The van der Waals surface area contributed by atoms with Crippen LogP contribution >= 0.6 is 0 Å². The second kappa shape index (κ2) is 8.05. The number of rotatable bonds is 3. The summed E-state index contributed by atoms with van der Waals surface area (Å²) in [4.78, 5) is 21.2. The van der Waals surface area contributed by atoms with Crippen molar-refractivity contribution in [3.63, 3.8) is 0 Å². The van der Waals surface area contributed by atoms with Crippen LogP contribution in [0.25, 0.3) is 0 Å². The van der Waals surface area contributed by atoms with Crippen LogP contribution in [-0.4, -0.2) is 65.6 Å². The van der Waals surface area contributed by atoms with Gasteiger partial charge >= 0.3 is 0 Å². The number of carbonyl (C=O) groups is 1. The fourth-order valence-electron chi connectivity index (χ4n) is 4.80. The smallest absolute Gasteiger partial charge is 0.255 e. The molecule has 0 atom stereocenters. The van der Waals surface area contributed by atoms with Crippen molar-refractivity contribution in [1.82, 2.24) is 14.8 Å². The van der Waals surface area contributed by atoms with Gasteiger partial charge in [0.15, 0.2) is 0 Å². The Hall–Kier alpha value is -1.46. The Morgan fingerprint density at radius 2 is 1.96 bits per heavy atom. The van der Waals surface area contributed by atoms with Crippen molar-refractivity contribution >= 4 is 5.91 Å². The first-order chi connectivity index (χ1) is 12.7. The van der Waals surface area contributed by atoms with Crippen molar-refractivity contribution in [3.05, 3.63) is 30.1 Å². The van der Waals surface area contributed by atoms with Crippen LogP contribution in [0.15, 0.2) is 24.5 Å². The number of likely N-dealkylation sites (tertiary alicyclic amines) is 2. The minimum absolute atomic E-state index is 0.130. The highest BCUT2D eigenvalue weighted by Crippen LogP contribution is 2.35. The zero-order valence-corrected chi connectivity index (χ0v) is 15.7. The van der Waals surface area contributed by atoms with Crippen LogP contribution < -0.4 is 0 Å². The number of hydrogen-bond donors (Lipinski definition) is 0. The van der Waals surface area contributed by atoms with E-state index in [2.05, 4.69) is 9.88 Å². The van der Waals surface area contributed by atoms with E-state index in [1.54, 1.807) is 12.4 Å². The Labute approximate surface area is 156 Å². The summed E-state index contributed by atoms with van der Waals surface area (Å²) in [6.45, 7) is 6.25. The third kappa shape index (κ3) is 4.09. The van der Waals surface area contributed by atoms with Crippen molar-refractivity contribution in [1.29, 1.82) is 0 Å². The van der Waals surface area contributed by atoms with Crippen LogP contribution in [0.1, 0.15) is 55.3 Å². The van der Waals surface area contributed by atoms with Crippen LogP contribution in [0.2, 0.25) is 0 Å². The standard InChI is InChI=1S/C21H31N3O2/c25-20(19-4-3-10-22-16-19)24-11-5-18(6-12-24)17-23-13-8-21(9-14-23)7-1-2-15-26-21/h3-4,10,16,18H,1-2,5-9,11-15,17H2. The summed E-state index contributed by atoms with van der Waals surface area (Å²) in [6, 6.07) is 3.69. The lowest BCUT2D eigenvalue weighted by molar-refractivity contribution is -0.112. The third-order valence-electron chi connectivity index (χ3n) is 6.53. The molecule has 0 unspecified atom stereocenters. The van der Waals surface area contributed by atoms with Gasteiger partial charge in [-0.25, -0.2) is 0 Å². The molecule has 4 rings (SSSR count). The molecule has 3 saturated heterocycles.